The summed E-state index contributed by atoms with van der Waals surface area (Å²) < 4.78 is 38.0. The number of nitrogens with one attached hydrogen (secondary N) is 1. The van der Waals surface area contributed by atoms with Crippen LogP contribution in [-0.2, 0) is 4.79 Å². The van der Waals surface area contributed by atoms with Crippen LogP contribution in [0.2, 0.25) is 0 Å². The van der Waals surface area contributed by atoms with Gasteiger partial charge in [-0.3, -0.25) is 4.79 Å². The van der Waals surface area contributed by atoms with Crippen molar-refractivity contribution in [2.45, 2.75) is 71.1 Å². The Kier molecular flexibility index (Phi) is 4.40. The van der Waals surface area contributed by atoms with Gasteiger partial charge in [-0.15, -0.1) is 0 Å². The van der Waals surface area contributed by atoms with Gasteiger partial charge in [0.15, 0.2) is 0 Å². The van der Waals surface area contributed by atoms with Crippen LogP contribution in [0.5, 0.6) is 0 Å². The van der Waals surface area contributed by atoms with Gasteiger partial charge in [0, 0.05) is 17.0 Å². The fourth-order valence-corrected chi connectivity index (χ4v) is 3.63. The molecule has 0 spiro atoms. The Bertz CT molecular complexity index is 331. The highest BCUT2D eigenvalue weighted by molar-refractivity contribution is 5.86. The number of ketones is 1. The predicted molar refractivity (Wildman–Crippen MR) is 68.9 cm³/mol. The van der Waals surface area contributed by atoms with Gasteiger partial charge < -0.3 is 5.32 Å². The average molecular weight is 279 g/mol. The Balaban J connectivity index is 2.96. The molecule has 0 aromatic rings. The van der Waals surface area contributed by atoms with Crippen molar-refractivity contribution in [2.24, 2.45) is 11.8 Å². The lowest BCUT2D eigenvalue weighted by Crippen LogP contribution is -2.59. The first-order valence-corrected chi connectivity index (χ1v) is 6.78. The maximum absolute atomic E-state index is 12.7. The van der Waals surface area contributed by atoms with Gasteiger partial charge in [-0.1, -0.05) is 6.92 Å². The minimum atomic E-state index is -4.72. The van der Waals surface area contributed by atoms with Crippen molar-refractivity contribution in [3.63, 3.8) is 0 Å². The quantitative estimate of drug-likeness (QED) is 0.853. The van der Waals surface area contributed by atoms with Crippen LogP contribution in [0.1, 0.15) is 53.9 Å². The molecule has 1 heterocycles. The molecule has 19 heavy (non-hydrogen) atoms. The fraction of sp³-hybridized carbons (Fsp3) is 0.929. The van der Waals surface area contributed by atoms with Crippen LogP contribution >= 0.6 is 0 Å². The van der Waals surface area contributed by atoms with Gasteiger partial charge in [0.25, 0.3) is 0 Å². The summed E-state index contributed by atoms with van der Waals surface area (Å²) in [6.07, 6.45) is -3.29. The first-order valence-electron chi connectivity index (χ1n) is 6.78. The molecule has 5 heteroatoms. The molecule has 1 unspecified atom stereocenters. The molecule has 1 N–H and O–H groups in total. The molecule has 1 aliphatic rings. The Morgan fingerprint density at radius 1 is 1.21 bits per heavy atom. The minimum Gasteiger partial charge on any atom is -0.307 e. The Morgan fingerprint density at radius 3 is 1.95 bits per heavy atom. The SMILES string of the molecule is CCC(C(=O)C(F)(F)F)C1CC(C)(C)NC(C)(C)C1. The zero-order valence-electron chi connectivity index (χ0n) is 12.3. The molecule has 1 atom stereocenters. The van der Waals surface area contributed by atoms with Crippen molar-refractivity contribution in [2.75, 3.05) is 0 Å². The summed E-state index contributed by atoms with van der Waals surface area (Å²) in [6.45, 7) is 9.57. The molecule has 1 saturated heterocycles. The first kappa shape index (κ1) is 16.5. The number of carbonyl (C=O) groups excluding carboxylic acids is 1. The summed E-state index contributed by atoms with van der Waals surface area (Å²) in [6, 6.07) is 0. The summed E-state index contributed by atoms with van der Waals surface area (Å²) in [7, 11) is 0. The Labute approximate surface area is 113 Å². The van der Waals surface area contributed by atoms with E-state index in [1.54, 1.807) is 6.92 Å². The summed E-state index contributed by atoms with van der Waals surface area (Å²) in [4.78, 5) is 11.6. The number of hydrogen-bond donors (Lipinski definition) is 1. The van der Waals surface area contributed by atoms with E-state index in [1.807, 2.05) is 27.7 Å². The molecule has 0 aromatic heterocycles. The number of carbonyl (C=O) groups is 1. The van der Waals surface area contributed by atoms with Crippen molar-refractivity contribution in [3.8, 4) is 0 Å². The van der Waals surface area contributed by atoms with Gasteiger partial charge in [-0.2, -0.15) is 13.2 Å². The largest absolute Gasteiger partial charge is 0.450 e. The van der Waals surface area contributed by atoms with E-state index in [0.717, 1.165) is 0 Å². The van der Waals surface area contributed by atoms with E-state index in [9.17, 15) is 18.0 Å². The molecule has 0 aliphatic carbocycles. The monoisotopic (exact) mass is 279 g/mol. The van der Waals surface area contributed by atoms with Crippen LogP contribution in [0, 0.1) is 11.8 Å². The van der Waals surface area contributed by atoms with Gasteiger partial charge in [-0.25, -0.2) is 0 Å². The van der Waals surface area contributed by atoms with Gasteiger partial charge in [0.1, 0.15) is 0 Å². The summed E-state index contributed by atoms with van der Waals surface area (Å²) in [5.74, 6) is -2.69. The third kappa shape index (κ3) is 4.20. The second-order valence-electron chi connectivity index (χ2n) is 6.94. The van der Waals surface area contributed by atoms with E-state index in [0.29, 0.717) is 12.8 Å². The highest BCUT2D eigenvalue weighted by atomic mass is 19.4. The lowest BCUT2D eigenvalue weighted by molar-refractivity contribution is -0.178. The van der Waals surface area contributed by atoms with E-state index >= 15 is 0 Å². The molecule has 0 radical (unpaired) electrons. The highest BCUT2D eigenvalue weighted by Gasteiger charge is 2.48. The van der Waals surface area contributed by atoms with Gasteiger partial charge in [0.2, 0.25) is 5.78 Å². The normalized spacial score (nSPS) is 25.1. The van der Waals surface area contributed by atoms with Crippen molar-refractivity contribution >= 4 is 5.78 Å². The van der Waals surface area contributed by atoms with Crippen molar-refractivity contribution < 1.29 is 18.0 Å². The average Bonchev–Trinajstić information content (AvgIpc) is 2.11. The molecule has 1 fully saturated rings. The highest BCUT2D eigenvalue weighted by Crippen LogP contribution is 2.40. The maximum atomic E-state index is 12.7. The zero-order chi connectivity index (χ0) is 15.1. The lowest BCUT2D eigenvalue weighted by Gasteiger charge is -2.48. The van der Waals surface area contributed by atoms with Crippen LogP contribution in [0.15, 0.2) is 0 Å². The van der Waals surface area contributed by atoms with Crippen LogP contribution in [0.3, 0.4) is 0 Å². The molecule has 1 aliphatic heterocycles. The number of piperidine rings is 1. The van der Waals surface area contributed by atoms with Crippen LogP contribution < -0.4 is 5.32 Å². The second-order valence-corrected chi connectivity index (χ2v) is 6.94. The van der Waals surface area contributed by atoms with Crippen molar-refractivity contribution in [3.05, 3.63) is 0 Å². The number of alkyl halides is 3. The standard InChI is InChI=1S/C14H24F3NO/c1-6-10(11(19)14(15,16)17)9-7-12(2,3)18-13(4,5)8-9/h9-10,18H,6-8H2,1-5H3. The van der Waals surface area contributed by atoms with Crippen molar-refractivity contribution in [1.82, 2.24) is 5.32 Å². The van der Waals surface area contributed by atoms with E-state index in [1.165, 1.54) is 0 Å². The van der Waals surface area contributed by atoms with Gasteiger partial charge in [0.05, 0.1) is 0 Å². The van der Waals surface area contributed by atoms with Crippen LogP contribution in [0.25, 0.3) is 0 Å². The first-order chi connectivity index (χ1) is 8.38. The maximum Gasteiger partial charge on any atom is 0.450 e. The lowest BCUT2D eigenvalue weighted by atomic mass is 9.69. The van der Waals surface area contributed by atoms with Crippen LogP contribution in [0.4, 0.5) is 13.2 Å². The molecular weight excluding hydrogens is 255 g/mol. The molecule has 2 nitrogen and oxygen atoms in total. The van der Waals surface area contributed by atoms with Gasteiger partial charge in [-0.05, 0) is 52.9 Å². The fourth-order valence-electron chi connectivity index (χ4n) is 3.63. The number of hydrogen-bond acceptors (Lipinski definition) is 2. The Morgan fingerprint density at radius 2 is 1.63 bits per heavy atom. The molecule has 0 amide bonds. The second kappa shape index (κ2) is 5.08. The molecular formula is C14H24F3NO. The third-order valence-corrected chi connectivity index (χ3v) is 3.85. The van der Waals surface area contributed by atoms with Crippen molar-refractivity contribution in [1.29, 1.82) is 0 Å². The van der Waals surface area contributed by atoms with Crippen LogP contribution in [-0.4, -0.2) is 23.0 Å². The summed E-state index contributed by atoms with van der Waals surface area (Å²) in [5.41, 5.74) is -0.489. The molecule has 0 aromatic carbocycles. The third-order valence-electron chi connectivity index (χ3n) is 3.85. The molecule has 0 saturated carbocycles. The molecule has 1 rings (SSSR count). The van der Waals surface area contributed by atoms with E-state index < -0.39 is 17.9 Å². The van der Waals surface area contributed by atoms with E-state index in [-0.39, 0.29) is 23.4 Å². The number of Topliss-reactive ketones (excluding diaryl/α,β-unsaturated/α-hetero) is 1. The minimum absolute atomic E-state index is 0.217. The Hall–Kier alpha value is -0.580. The summed E-state index contributed by atoms with van der Waals surface area (Å²) >= 11 is 0. The predicted octanol–water partition coefficient (Wildman–Crippen LogP) is 3.70. The molecule has 112 valence electrons. The molecule has 0 bridgehead atoms. The number of rotatable bonds is 3. The van der Waals surface area contributed by atoms with Gasteiger partial charge >= 0.3 is 6.18 Å². The van der Waals surface area contributed by atoms with E-state index in [2.05, 4.69) is 5.32 Å². The number of halogens is 3. The smallest absolute Gasteiger partial charge is 0.307 e. The topological polar surface area (TPSA) is 29.1 Å². The zero-order valence-corrected chi connectivity index (χ0v) is 12.3. The van der Waals surface area contributed by atoms with E-state index in [4.69, 9.17) is 0 Å². The summed E-state index contributed by atoms with van der Waals surface area (Å²) in [5, 5.41) is 3.43.